The van der Waals surface area contributed by atoms with Crippen LogP contribution >= 0.6 is 15.9 Å². The maximum atomic E-state index is 12.2. The Kier molecular flexibility index (Phi) is 5.58. The van der Waals surface area contributed by atoms with Crippen LogP contribution < -0.4 is 0 Å². The molecule has 0 saturated heterocycles. The molecule has 5 heteroatoms. The van der Waals surface area contributed by atoms with Crippen molar-refractivity contribution < 1.29 is 9.53 Å². The predicted molar refractivity (Wildman–Crippen MR) is 70.0 cm³/mol. The average molecular weight is 301 g/mol. The number of halogens is 1. The number of carbonyl (C=O) groups excluding carboxylic acids is 1. The third-order valence-electron chi connectivity index (χ3n) is 2.48. The molecule has 1 rings (SSSR count). The molecule has 0 fully saturated rings. The van der Waals surface area contributed by atoms with Crippen LogP contribution in [-0.4, -0.2) is 42.1 Å². The van der Waals surface area contributed by atoms with E-state index in [1.807, 2.05) is 13.8 Å². The molecule has 0 aliphatic heterocycles. The quantitative estimate of drug-likeness (QED) is 0.784. The van der Waals surface area contributed by atoms with Gasteiger partial charge in [0.1, 0.15) is 10.3 Å². The molecule has 1 heterocycles. The summed E-state index contributed by atoms with van der Waals surface area (Å²) in [5.74, 6) is -0.0710. The Labute approximate surface area is 110 Å². The first-order chi connectivity index (χ1) is 8.10. The van der Waals surface area contributed by atoms with E-state index in [0.717, 1.165) is 0 Å². The summed E-state index contributed by atoms with van der Waals surface area (Å²) in [6, 6.07) is 5.36. The standard InChI is InChI=1S/C12H17BrN2O2/c1-4-15(9(2)8-17-3)12(16)10-6-5-7-11(13)14-10/h5-7,9H,4,8H2,1-3H3. The number of ether oxygens (including phenoxy) is 1. The minimum Gasteiger partial charge on any atom is -0.383 e. The Bertz CT molecular complexity index is 385. The molecular formula is C12H17BrN2O2. The molecule has 17 heavy (non-hydrogen) atoms. The van der Waals surface area contributed by atoms with E-state index < -0.39 is 0 Å². The van der Waals surface area contributed by atoms with Gasteiger partial charge in [-0.25, -0.2) is 4.98 Å². The Morgan fingerprint density at radius 3 is 2.82 bits per heavy atom. The van der Waals surface area contributed by atoms with E-state index in [9.17, 15) is 4.79 Å². The molecule has 0 aromatic carbocycles. The van der Waals surface area contributed by atoms with Crippen LogP contribution in [0.25, 0.3) is 0 Å². The summed E-state index contributed by atoms with van der Waals surface area (Å²) in [6.07, 6.45) is 0. The lowest BCUT2D eigenvalue weighted by Gasteiger charge is -2.27. The van der Waals surface area contributed by atoms with Crippen molar-refractivity contribution in [3.05, 3.63) is 28.5 Å². The Hall–Kier alpha value is -0.940. The number of amides is 1. The lowest BCUT2D eigenvalue weighted by atomic mass is 10.2. The topological polar surface area (TPSA) is 42.4 Å². The number of methoxy groups -OCH3 is 1. The summed E-state index contributed by atoms with van der Waals surface area (Å²) in [5, 5.41) is 0. The van der Waals surface area contributed by atoms with Crippen molar-refractivity contribution in [3.63, 3.8) is 0 Å². The van der Waals surface area contributed by atoms with Crippen LogP contribution in [0.4, 0.5) is 0 Å². The summed E-state index contributed by atoms with van der Waals surface area (Å²) >= 11 is 3.26. The largest absolute Gasteiger partial charge is 0.383 e. The number of hydrogen-bond donors (Lipinski definition) is 0. The van der Waals surface area contributed by atoms with Crippen LogP contribution in [-0.2, 0) is 4.74 Å². The minimum atomic E-state index is -0.0710. The lowest BCUT2D eigenvalue weighted by Crippen LogP contribution is -2.41. The van der Waals surface area contributed by atoms with Gasteiger partial charge < -0.3 is 9.64 Å². The number of hydrogen-bond acceptors (Lipinski definition) is 3. The molecule has 4 nitrogen and oxygen atoms in total. The van der Waals surface area contributed by atoms with Gasteiger partial charge in [0.2, 0.25) is 0 Å². The van der Waals surface area contributed by atoms with Crippen LogP contribution in [0.15, 0.2) is 22.8 Å². The number of pyridine rings is 1. The molecule has 1 unspecified atom stereocenters. The molecule has 1 aromatic heterocycles. The molecule has 94 valence electrons. The van der Waals surface area contributed by atoms with E-state index in [2.05, 4.69) is 20.9 Å². The normalized spacial score (nSPS) is 12.2. The van der Waals surface area contributed by atoms with Crippen molar-refractivity contribution in [2.45, 2.75) is 19.9 Å². The van der Waals surface area contributed by atoms with Gasteiger partial charge in [-0.2, -0.15) is 0 Å². The summed E-state index contributed by atoms with van der Waals surface area (Å²) in [5.41, 5.74) is 0.448. The maximum Gasteiger partial charge on any atom is 0.272 e. The molecule has 0 saturated carbocycles. The fourth-order valence-corrected chi connectivity index (χ4v) is 2.00. The fourth-order valence-electron chi connectivity index (χ4n) is 1.66. The van der Waals surface area contributed by atoms with Gasteiger partial charge in [-0.15, -0.1) is 0 Å². The van der Waals surface area contributed by atoms with E-state index in [-0.39, 0.29) is 11.9 Å². The first-order valence-corrected chi connectivity index (χ1v) is 6.31. The molecule has 0 aliphatic rings. The van der Waals surface area contributed by atoms with Crippen LogP contribution in [0.5, 0.6) is 0 Å². The van der Waals surface area contributed by atoms with Crippen LogP contribution in [0, 0.1) is 0 Å². The van der Waals surface area contributed by atoms with Gasteiger partial charge in [-0.1, -0.05) is 6.07 Å². The molecule has 0 N–H and O–H groups in total. The van der Waals surface area contributed by atoms with Crippen molar-refractivity contribution in [3.8, 4) is 0 Å². The van der Waals surface area contributed by atoms with Gasteiger partial charge in [0.25, 0.3) is 5.91 Å². The van der Waals surface area contributed by atoms with Crippen LogP contribution in [0.3, 0.4) is 0 Å². The third kappa shape index (κ3) is 3.78. The number of likely N-dealkylation sites (N-methyl/N-ethyl adjacent to an activating group) is 1. The molecule has 0 aliphatic carbocycles. The third-order valence-corrected chi connectivity index (χ3v) is 2.92. The number of rotatable bonds is 5. The fraction of sp³-hybridized carbons (Fsp3) is 0.500. The van der Waals surface area contributed by atoms with E-state index in [1.165, 1.54) is 0 Å². The molecule has 1 atom stereocenters. The SMILES string of the molecule is CCN(C(=O)c1cccc(Br)n1)C(C)COC. The summed E-state index contributed by atoms with van der Waals surface area (Å²) < 4.78 is 5.74. The zero-order valence-electron chi connectivity index (χ0n) is 10.3. The number of carbonyl (C=O) groups is 1. The van der Waals surface area contributed by atoms with Gasteiger partial charge in [0.15, 0.2) is 0 Å². The first-order valence-electron chi connectivity index (χ1n) is 5.52. The summed E-state index contributed by atoms with van der Waals surface area (Å²) in [7, 11) is 1.63. The van der Waals surface area contributed by atoms with E-state index in [1.54, 1.807) is 30.2 Å². The first kappa shape index (κ1) is 14.1. The highest BCUT2D eigenvalue weighted by atomic mass is 79.9. The number of aromatic nitrogens is 1. The van der Waals surface area contributed by atoms with Crippen LogP contribution in [0.2, 0.25) is 0 Å². The zero-order chi connectivity index (χ0) is 12.8. The second kappa shape index (κ2) is 6.71. The predicted octanol–water partition coefficient (Wildman–Crippen LogP) is 2.34. The Balaban J connectivity index is 2.86. The second-order valence-electron chi connectivity index (χ2n) is 3.74. The molecule has 1 aromatic rings. The zero-order valence-corrected chi connectivity index (χ0v) is 11.9. The minimum absolute atomic E-state index is 0.0401. The molecule has 0 spiro atoms. The van der Waals surface area contributed by atoms with Gasteiger partial charge in [0, 0.05) is 13.7 Å². The highest BCUT2D eigenvalue weighted by Gasteiger charge is 2.20. The monoisotopic (exact) mass is 300 g/mol. The van der Waals surface area contributed by atoms with Crippen molar-refractivity contribution in [1.82, 2.24) is 9.88 Å². The lowest BCUT2D eigenvalue weighted by molar-refractivity contribution is 0.0573. The van der Waals surface area contributed by atoms with E-state index >= 15 is 0 Å². The van der Waals surface area contributed by atoms with E-state index in [4.69, 9.17) is 4.74 Å². The van der Waals surface area contributed by atoms with Crippen LogP contribution in [0.1, 0.15) is 24.3 Å². The van der Waals surface area contributed by atoms with Gasteiger partial charge in [-0.05, 0) is 41.9 Å². The summed E-state index contributed by atoms with van der Waals surface area (Å²) in [6.45, 7) is 5.07. The molecule has 0 radical (unpaired) electrons. The highest BCUT2D eigenvalue weighted by molar-refractivity contribution is 9.10. The van der Waals surface area contributed by atoms with Gasteiger partial charge >= 0.3 is 0 Å². The Morgan fingerprint density at radius 1 is 1.59 bits per heavy atom. The van der Waals surface area contributed by atoms with Gasteiger partial charge in [0.05, 0.1) is 12.6 Å². The molecular weight excluding hydrogens is 284 g/mol. The Morgan fingerprint density at radius 2 is 2.29 bits per heavy atom. The van der Waals surface area contributed by atoms with Crippen molar-refractivity contribution in [1.29, 1.82) is 0 Å². The van der Waals surface area contributed by atoms with E-state index in [0.29, 0.717) is 23.4 Å². The molecule has 0 bridgehead atoms. The number of nitrogens with zero attached hydrogens (tertiary/aromatic N) is 2. The smallest absolute Gasteiger partial charge is 0.272 e. The highest BCUT2D eigenvalue weighted by Crippen LogP contribution is 2.10. The second-order valence-corrected chi connectivity index (χ2v) is 4.55. The summed E-state index contributed by atoms with van der Waals surface area (Å²) in [4.78, 5) is 18.1. The van der Waals surface area contributed by atoms with Crippen molar-refractivity contribution >= 4 is 21.8 Å². The maximum absolute atomic E-state index is 12.2. The molecule has 1 amide bonds. The van der Waals surface area contributed by atoms with Gasteiger partial charge in [-0.3, -0.25) is 4.79 Å². The van der Waals surface area contributed by atoms with Crippen molar-refractivity contribution in [2.75, 3.05) is 20.3 Å². The van der Waals surface area contributed by atoms with Crippen molar-refractivity contribution in [2.24, 2.45) is 0 Å². The average Bonchev–Trinajstić information content (AvgIpc) is 2.30.